The highest BCUT2D eigenvalue weighted by Gasteiger charge is 2.36. The fraction of sp³-hybridized carbons (Fsp3) is 0.417. The summed E-state index contributed by atoms with van der Waals surface area (Å²) in [5, 5.41) is 8.96. The summed E-state index contributed by atoms with van der Waals surface area (Å²) < 4.78 is 18.1. The second-order valence-electron chi connectivity index (χ2n) is 4.38. The zero-order chi connectivity index (χ0) is 13.2. The van der Waals surface area contributed by atoms with Crippen molar-refractivity contribution in [3.63, 3.8) is 0 Å². The monoisotopic (exact) mass is 241 g/mol. The Bertz CT molecular complexity index is 432. The molecule has 0 saturated heterocycles. The van der Waals surface area contributed by atoms with Crippen molar-refractivity contribution >= 4 is 5.97 Å². The van der Waals surface area contributed by atoms with E-state index in [1.807, 2.05) is 0 Å². The number of benzene rings is 1. The Hall–Kier alpha value is -1.62. The molecular weight excluding hydrogens is 225 g/mol. The third-order valence-corrected chi connectivity index (χ3v) is 2.90. The molecule has 1 atom stereocenters. The number of ether oxygens (including phenoxy) is 1. The summed E-state index contributed by atoms with van der Waals surface area (Å²) in [6.45, 7) is 3.36. The summed E-state index contributed by atoms with van der Waals surface area (Å²) in [6.07, 6.45) is 0. The zero-order valence-electron chi connectivity index (χ0n) is 10.0. The summed E-state index contributed by atoms with van der Waals surface area (Å²) in [6, 6.07) is 2.87. The second-order valence-corrected chi connectivity index (χ2v) is 4.38. The van der Waals surface area contributed by atoms with Gasteiger partial charge in [-0.05, 0) is 6.07 Å². The van der Waals surface area contributed by atoms with Gasteiger partial charge in [0, 0.05) is 17.0 Å². The molecule has 0 aliphatic heterocycles. The van der Waals surface area contributed by atoms with E-state index in [1.54, 1.807) is 13.8 Å². The molecule has 4 nitrogen and oxygen atoms in total. The van der Waals surface area contributed by atoms with Gasteiger partial charge in [0.1, 0.15) is 17.6 Å². The van der Waals surface area contributed by atoms with Crippen molar-refractivity contribution in [3.05, 3.63) is 29.6 Å². The van der Waals surface area contributed by atoms with E-state index < -0.39 is 23.2 Å². The van der Waals surface area contributed by atoms with E-state index in [1.165, 1.54) is 25.3 Å². The molecule has 1 aromatic carbocycles. The Morgan fingerprint density at radius 3 is 2.59 bits per heavy atom. The zero-order valence-corrected chi connectivity index (χ0v) is 10.0. The molecule has 1 rings (SSSR count). The first-order valence-electron chi connectivity index (χ1n) is 5.13. The maximum Gasteiger partial charge on any atom is 0.321 e. The lowest BCUT2D eigenvalue weighted by molar-refractivity contribution is -0.140. The molecule has 5 heteroatoms. The smallest absolute Gasteiger partial charge is 0.321 e. The predicted molar refractivity (Wildman–Crippen MR) is 61.6 cm³/mol. The lowest BCUT2D eigenvalue weighted by Crippen LogP contribution is -2.47. The fourth-order valence-corrected chi connectivity index (χ4v) is 1.67. The number of methoxy groups -OCH3 is 1. The van der Waals surface area contributed by atoms with E-state index >= 15 is 0 Å². The molecule has 1 unspecified atom stereocenters. The van der Waals surface area contributed by atoms with E-state index in [-0.39, 0.29) is 0 Å². The van der Waals surface area contributed by atoms with Crippen LogP contribution in [0.3, 0.4) is 0 Å². The first-order valence-corrected chi connectivity index (χ1v) is 5.13. The number of nitrogens with two attached hydrogens (primary N) is 1. The van der Waals surface area contributed by atoms with Gasteiger partial charge in [-0.3, -0.25) is 4.79 Å². The van der Waals surface area contributed by atoms with Crippen LogP contribution in [0.5, 0.6) is 5.75 Å². The van der Waals surface area contributed by atoms with Crippen LogP contribution >= 0.6 is 0 Å². The highest BCUT2D eigenvalue weighted by molar-refractivity contribution is 5.76. The number of hydrogen-bond donors (Lipinski definition) is 2. The van der Waals surface area contributed by atoms with Gasteiger partial charge in [-0.15, -0.1) is 0 Å². The minimum atomic E-state index is -1.11. The first-order chi connectivity index (χ1) is 7.80. The van der Waals surface area contributed by atoms with Gasteiger partial charge in [-0.2, -0.15) is 0 Å². The van der Waals surface area contributed by atoms with Gasteiger partial charge >= 0.3 is 5.97 Å². The van der Waals surface area contributed by atoms with Crippen molar-refractivity contribution in [2.45, 2.75) is 25.3 Å². The molecule has 0 saturated carbocycles. The highest BCUT2D eigenvalue weighted by atomic mass is 19.1. The maximum atomic E-state index is 13.1. The number of hydrogen-bond acceptors (Lipinski definition) is 3. The molecule has 0 bridgehead atoms. The van der Waals surface area contributed by atoms with Crippen LogP contribution in [0.1, 0.15) is 19.4 Å². The molecule has 1 aromatic rings. The Morgan fingerprint density at radius 2 is 2.12 bits per heavy atom. The Kier molecular flexibility index (Phi) is 3.72. The van der Waals surface area contributed by atoms with Crippen molar-refractivity contribution in [1.82, 2.24) is 0 Å². The topological polar surface area (TPSA) is 72.5 Å². The van der Waals surface area contributed by atoms with Gasteiger partial charge in [0.05, 0.1) is 7.11 Å². The molecule has 94 valence electrons. The molecule has 3 N–H and O–H groups in total. The third-order valence-electron chi connectivity index (χ3n) is 2.90. The Morgan fingerprint density at radius 1 is 1.53 bits per heavy atom. The predicted octanol–water partition coefficient (Wildman–Crippen LogP) is 1.52. The largest absolute Gasteiger partial charge is 0.496 e. The van der Waals surface area contributed by atoms with Gasteiger partial charge in [0.15, 0.2) is 0 Å². The van der Waals surface area contributed by atoms with Crippen LogP contribution in [0, 0.1) is 5.82 Å². The summed E-state index contributed by atoms with van der Waals surface area (Å²) in [5.74, 6) is -1.25. The number of aliphatic carboxylic acids is 1. The molecule has 0 aromatic heterocycles. The highest BCUT2D eigenvalue weighted by Crippen LogP contribution is 2.34. The van der Waals surface area contributed by atoms with Gasteiger partial charge in [0.25, 0.3) is 0 Å². The van der Waals surface area contributed by atoms with Crippen molar-refractivity contribution in [3.8, 4) is 5.75 Å². The number of halogens is 1. The van der Waals surface area contributed by atoms with Gasteiger partial charge < -0.3 is 15.6 Å². The lowest BCUT2D eigenvalue weighted by atomic mass is 9.77. The molecule has 17 heavy (non-hydrogen) atoms. The van der Waals surface area contributed by atoms with Crippen molar-refractivity contribution in [2.75, 3.05) is 7.11 Å². The van der Waals surface area contributed by atoms with Crippen LogP contribution in [0.25, 0.3) is 0 Å². The van der Waals surface area contributed by atoms with E-state index in [4.69, 9.17) is 15.6 Å². The SMILES string of the molecule is COc1cc(F)ccc1C(C)(C)C(N)C(=O)O. The van der Waals surface area contributed by atoms with Crippen LogP contribution in [0.15, 0.2) is 18.2 Å². The normalized spacial score (nSPS) is 13.2. The second kappa shape index (κ2) is 4.71. The number of carbonyl (C=O) groups is 1. The van der Waals surface area contributed by atoms with Crippen molar-refractivity contribution in [1.29, 1.82) is 0 Å². The van der Waals surface area contributed by atoms with Gasteiger partial charge in [-0.25, -0.2) is 4.39 Å². The summed E-state index contributed by atoms with van der Waals surface area (Å²) in [7, 11) is 1.40. The average Bonchev–Trinajstić information content (AvgIpc) is 2.27. The molecule has 0 spiro atoms. The number of carboxylic acids is 1. The van der Waals surface area contributed by atoms with Crippen LogP contribution in [-0.4, -0.2) is 24.2 Å². The van der Waals surface area contributed by atoms with Crippen LogP contribution in [0.2, 0.25) is 0 Å². The molecule has 0 fully saturated rings. The average molecular weight is 241 g/mol. The van der Waals surface area contributed by atoms with Gasteiger partial charge in [-0.1, -0.05) is 19.9 Å². The molecule has 0 aliphatic rings. The molecule has 0 aliphatic carbocycles. The first kappa shape index (κ1) is 13.4. The van der Waals surface area contributed by atoms with Crippen molar-refractivity contribution in [2.24, 2.45) is 5.73 Å². The number of carboxylic acid groups (broad SMARTS) is 1. The number of rotatable bonds is 4. The minimum Gasteiger partial charge on any atom is -0.496 e. The maximum absolute atomic E-state index is 13.1. The van der Waals surface area contributed by atoms with E-state index in [0.29, 0.717) is 11.3 Å². The standard InChI is InChI=1S/C12H16FNO3/c1-12(2,10(14)11(15)16)8-5-4-7(13)6-9(8)17-3/h4-6,10H,14H2,1-3H3,(H,15,16). The summed E-state index contributed by atoms with van der Waals surface area (Å²) >= 11 is 0. The van der Waals surface area contributed by atoms with Crippen LogP contribution in [-0.2, 0) is 10.2 Å². The summed E-state index contributed by atoms with van der Waals surface area (Å²) in [4.78, 5) is 10.9. The fourth-order valence-electron chi connectivity index (χ4n) is 1.67. The molecular formula is C12H16FNO3. The Labute approximate surface area is 99.2 Å². The summed E-state index contributed by atoms with van der Waals surface area (Å²) in [5.41, 5.74) is 5.35. The Balaban J connectivity index is 3.27. The van der Waals surface area contributed by atoms with E-state index in [0.717, 1.165) is 0 Å². The van der Waals surface area contributed by atoms with Gasteiger partial charge in [0.2, 0.25) is 0 Å². The van der Waals surface area contributed by atoms with Crippen LogP contribution in [0.4, 0.5) is 4.39 Å². The molecule has 0 amide bonds. The van der Waals surface area contributed by atoms with E-state index in [2.05, 4.69) is 0 Å². The quantitative estimate of drug-likeness (QED) is 0.838. The van der Waals surface area contributed by atoms with E-state index in [9.17, 15) is 9.18 Å². The molecule has 0 radical (unpaired) electrons. The minimum absolute atomic E-state index is 0.298. The van der Waals surface area contributed by atoms with Crippen LogP contribution < -0.4 is 10.5 Å². The van der Waals surface area contributed by atoms with Crippen molar-refractivity contribution < 1.29 is 19.0 Å². The molecule has 0 heterocycles. The lowest BCUT2D eigenvalue weighted by Gasteiger charge is -2.30. The third kappa shape index (κ3) is 2.55.